The number of rotatable bonds is 2. The van der Waals surface area contributed by atoms with E-state index in [0.717, 1.165) is 35.4 Å². The molecule has 0 bridgehead atoms. The van der Waals surface area contributed by atoms with Gasteiger partial charge in [0.25, 0.3) is 0 Å². The Morgan fingerprint density at radius 2 is 1.92 bits per heavy atom. The van der Waals surface area contributed by atoms with Crippen molar-refractivity contribution in [1.29, 1.82) is 0 Å². The van der Waals surface area contributed by atoms with Gasteiger partial charge in [0.05, 0.1) is 6.04 Å². The minimum absolute atomic E-state index is 0.0380. The minimum Gasteiger partial charge on any atom is -0.487 e. The van der Waals surface area contributed by atoms with Crippen LogP contribution in [0.3, 0.4) is 0 Å². The molecule has 0 amide bonds. The van der Waals surface area contributed by atoms with Gasteiger partial charge in [0.1, 0.15) is 11.4 Å². The number of halogens is 2. The number of hydrogen-bond acceptors (Lipinski definition) is 2. The van der Waals surface area contributed by atoms with E-state index in [4.69, 9.17) is 17.0 Å². The lowest BCUT2D eigenvalue weighted by molar-refractivity contribution is 0.0696. The molecule has 1 aliphatic heterocycles. The van der Waals surface area contributed by atoms with Crippen molar-refractivity contribution in [2.45, 2.75) is 38.8 Å². The fourth-order valence-electron chi connectivity index (χ4n) is 3.00. The van der Waals surface area contributed by atoms with Gasteiger partial charge in [-0.05, 0) is 51.2 Å². The molecule has 0 aromatic heterocycles. The molecule has 3 nitrogen and oxygen atoms in total. The summed E-state index contributed by atoms with van der Waals surface area (Å²) in [4.78, 5) is 0. The van der Waals surface area contributed by atoms with Crippen LogP contribution in [0, 0.1) is 18.6 Å². The Morgan fingerprint density at radius 1 is 1.16 bits per heavy atom. The second kappa shape index (κ2) is 6.59. The maximum absolute atomic E-state index is 13.3. The Bertz CT molecular complexity index is 823. The summed E-state index contributed by atoms with van der Waals surface area (Å²) in [5.41, 5.74) is 2.23. The number of anilines is 1. The van der Waals surface area contributed by atoms with Gasteiger partial charge in [0, 0.05) is 23.7 Å². The third kappa shape index (κ3) is 4.07. The second-order valence-corrected chi connectivity index (χ2v) is 7.30. The highest BCUT2D eigenvalue weighted by atomic mass is 32.1. The predicted octanol–water partition coefficient (Wildman–Crippen LogP) is 4.86. The highest BCUT2D eigenvalue weighted by molar-refractivity contribution is 7.80. The molecule has 1 aliphatic rings. The lowest BCUT2D eigenvalue weighted by Crippen LogP contribution is -2.42. The molecule has 3 rings (SSSR count). The summed E-state index contributed by atoms with van der Waals surface area (Å²) < 4.78 is 32.4. The first kappa shape index (κ1) is 17.6. The van der Waals surface area contributed by atoms with Crippen LogP contribution in [0.5, 0.6) is 5.75 Å². The molecule has 1 atom stereocenters. The van der Waals surface area contributed by atoms with E-state index in [0.29, 0.717) is 10.8 Å². The van der Waals surface area contributed by atoms with Gasteiger partial charge < -0.3 is 15.4 Å². The van der Waals surface area contributed by atoms with Crippen molar-refractivity contribution in [2.24, 2.45) is 0 Å². The summed E-state index contributed by atoms with van der Waals surface area (Å²) in [5, 5.41) is 6.52. The van der Waals surface area contributed by atoms with Crippen molar-refractivity contribution in [1.82, 2.24) is 5.32 Å². The molecule has 0 fully saturated rings. The van der Waals surface area contributed by atoms with Gasteiger partial charge in [-0.1, -0.05) is 17.7 Å². The molecule has 132 valence electrons. The smallest absolute Gasteiger partial charge is 0.171 e. The van der Waals surface area contributed by atoms with Crippen LogP contribution in [0.25, 0.3) is 0 Å². The topological polar surface area (TPSA) is 33.3 Å². The van der Waals surface area contributed by atoms with Gasteiger partial charge >= 0.3 is 0 Å². The summed E-state index contributed by atoms with van der Waals surface area (Å²) in [6.45, 7) is 6.07. The second-order valence-electron chi connectivity index (χ2n) is 6.89. The maximum atomic E-state index is 13.3. The van der Waals surface area contributed by atoms with Crippen LogP contribution in [0.1, 0.15) is 37.4 Å². The predicted molar refractivity (Wildman–Crippen MR) is 99.0 cm³/mol. The van der Waals surface area contributed by atoms with E-state index in [1.165, 1.54) is 6.07 Å². The molecule has 1 unspecified atom stereocenters. The van der Waals surface area contributed by atoms with E-state index in [2.05, 4.69) is 16.7 Å². The van der Waals surface area contributed by atoms with Gasteiger partial charge in [-0.25, -0.2) is 8.78 Å². The first-order valence-electron chi connectivity index (χ1n) is 8.06. The lowest BCUT2D eigenvalue weighted by Gasteiger charge is -2.38. The first-order chi connectivity index (χ1) is 11.7. The molecular weight excluding hydrogens is 342 g/mol. The number of hydrogen-bond donors (Lipinski definition) is 2. The molecule has 2 aromatic carbocycles. The average molecular weight is 362 g/mol. The van der Waals surface area contributed by atoms with Crippen molar-refractivity contribution < 1.29 is 13.5 Å². The van der Waals surface area contributed by atoms with E-state index in [1.807, 2.05) is 32.9 Å². The summed E-state index contributed by atoms with van der Waals surface area (Å²) in [6, 6.07) is 9.59. The summed E-state index contributed by atoms with van der Waals surface area (Å²) in [6.07, 6.45) is 0.725. The Labute approximate surface area is 151 Å². The number of benzene rings is 2. The van der Waals surface area contributed by atoms with Crippen molar-refractivity contribution >= 4 is 23.0 Å². The van der Waals surface area contributed by atoms with Crippen molar-refractivity contribution in [3.63, 3.8) is 0 Å². The normalized spacial score (nSPS) is 18.0. The number of fused-ring (bicyclic) bond motifs is 1. The largest absolute Gasteiger partial charge is 0.487 e. The molecule has 6 heteroatoms. The van der Waals surface area contributed by atoms with E-state index in [1.54, 1.807) is 0 Å². The van der Waals surface area contributed by atoms with E-state index >= 15 is 0 Å². The van der Waals surface area contributed by atoms with Crippen LogP contribution in [0.15, 0.2) is 36.4 Å². The summed E-state index contributed by atoms with van der Waals surface area (Å²) in [5.74, 6) is -0.976. The highest BCUT2D eigenvalue weighted by Crippen LogP contribution is 2.39. The maximum Gasteiger partial charge on any atom is 0.171 e. The van der Waals surface area contributed by atoms with E-state index in [-0.39, 0.29) is 11.6 Å². The van der Waals surface area contributed by atoms with Gasteiger partial charge in [0.15, 0.2) is 16.7 Å². The number of ether oxygens (including phenoxy) is 1. The highest BCUT2D eigenvalue weighted by Gasteiger charge is 2.34. The Balaban J connectivity index is 1.78. The van der Waals surface area contributed by atoms with Crippen molar-refractivity contribution in [2.75, 3.05) is 5.32 Å². The van der Waals surface area contributed by atoms with Crippen LogP contribution in [-0.2, 0) is 0 Å². The molecule has 0 spiro atoms. The molecule has 2 aromatic rings. The Morgan fingerprint density at radius 3 is 2.64 bits per heavy atom. The number of nitrogens with one attached hydrogen (secondary N) is 2. The monoisotopic (exact) mass is 362 g/mol. The van der Waals surface area contributed by atoms with Gasteiger partial charge in [-0.3, -0.25) is 0 Å². The molecule has 0 saturated carbocycles. The molecule has 1 heterocycles. The van der Waals surface area contributed by atoms with Crippen LogP contribution in [0.4, 0.5) is 14.5 Å². The number of aryl methyl sites for hydroxylation is 1. The molecule has 0 saturated heterocycles. The van der Waals surface area contributed by atoms with Crippen LogP contribution in [-0.4, -0.2) is 10.7 Å². The van der Waals surface area contributed by atoms with Gasteiger partial charge in [-0.15, -0.1) is 0 Å². The summed E-state index contributed by atoms with van der Waals surface area (Å²) in [7, 11) is 0. The van der Waals surface area contributed by atoms with Crippen LogP contribution < -0.4 is 15.4 Å². The zero-order chi connectivity index (χ0) is 18.2. The zero-order valence-corrected chi connectivity index (χ0v) is 15.1. The molecule has 2 N–H and O–H groups in total. The average Bonchev–Trinajstić information content (AvgIpc) is 2.51. The van der Waals surface area contributed by atoms with Gasteiger partial charge in [-0.2, -0.15) is 0 Å². The molecule has 25 heavy (non-hydrogen) atoms. The van der Waals surface area contributed by atoms with Crippen molar-refractivity contribution in [3.8, 4) is 5.75 Å². The van der Waals surface area contributed by atoms with Crippen LogP contribution >= 0.6 is 12.2 Å². The van der Waals surface area contributed by atoms with E-state index < -0.39 is 11.6 Å². The van der Waals surface area contributed by atoms with Crippen molar-refractivity contribution in [3.05, 3.63) is 59.2 Å². The van der Waals surface area contributed by atoms with Crippen LogP contribution in [0.2, 0.25) is 0 Å². The molecule has 0 aliphatic carbocycles. The quantitative estimate of drug-likeness (QED) is 0.748. The minimum atomic E-state index is -0.916. The lowest BCUT2D eigenvalue weighted by atomic mass is 9.89. The van der Waals surface area contributed by atoms with E-state index in [9.17, 15) is 8.78 Å². The Kier molecular flexibility index (Phi) is 4.64. The fraction of sp³-hybridized carbons (Fsp3) is 0.316. The molecule has 0 radical (unpaired) electrons. The Hall–Kier alpha value is -2.21. The zero-order valence-electron chi connectivity index (χ0n) is 14.3. The first-order valence-corrected chi connectivity index (χ1v) is 8.46. The third-order valence-corrected chi connectivity index (χ3v) is 4.33. The third-order valence-electron chi connectivity index (χ3n) is 4.11. The fourth-order valence-corrected chi connectivity index (χ4v) is 3.26. The SMILES string of the molecule is Cc1ccc2c(c1)C(NC(=S)Nc1ccc(F)c(F)c1)CC(C)(C)O2. The standard InChI is InChI=1S/C19H20F2N2OS/c1-11-4-7-17-13(8-11)16(10-19(2,3)24-17)23-18(25)22-12-5-6-14(20)15(21)9-12/h4-9,16H,10H2,1-3H3,(H2,22,23,25). The van der Waals surface area contributed by atoms with Gasteiger partial charge in [0.2, 0.25) is 0 Å². The summed E-state index contributed by atoms with van der Waals surface area (Å²) >= 11 is 5.35. The number of thiocarbonyl (C=S) groups is 1. The molecular formula is C19H20F2N2OS.